The van der Waals surface area contributed by atoms with Gasteiger partial charge < -0.3 is 4.42 Å². The summed E-state index contributed by atoms with van der Waals surface area (Å²) in [4.78, 5) is 0. The van der Waals surface area contributed by atoms with Gasteiger partial charge in [0.25, 0.3) is 0 Å². The molecule has 0 spiro atoms. The summed E-state index contributed by atoms with van der Waals surface area (Å²) in [6.07, 6.45) is 0. The van der Waals surface area contributed by atoms with Crippen LogP contribution in [0.5, 0.6) is 0 Å². The number of hydrogen-bond donors (Lipinski definition) is 0. The van der Waals surface area contributed by atoms with Gasteiger partial charge >= 0.3 is 0 Å². The molecule has 61 heavy (non-hydrogen) atoms. The molecule has 1 aromatic heterocycles. The van der Waals surface area contributed by atoms with E-state index in [1.54, 1.807) is 0 Å². The lowest BCUT2D eigenvalue weighted by atomic mass is 9.80. The van der Waals surface area contributed by atoms with Crippen LogP contribution in [0.25, 0.3) is 110 Å². The van der Waals surface area contributed by atoms with Gasteiger partial charge in [0.05, 0.1) is 0 Å². The van der Waals surface area contributed by atoms with Gasteiger partial charge in [-0.25, -0.2) is 0 Å². The summed E-state index contributed by atoms with van der Waals surface area (Å²) >= 11 is 0. The molecule has 0 atom stereocenters. The molecular formula is C60H42O. The highest BCUT2D eigenvalue weighted by Gasteiger charge is 2.39. The van der Waals surface area contributed by atoms with E-state index in [4.69, 9.17) is 4.42 Å². The molecule has 0 saturated carbocycles. The smallest absolute Gasteiger partial charge is 0.140 e. The van der Waals surface area contributed by atoms with Crippen LogP contribution >= 0.6 is 0 Å². The summed E-state index contributed by atoms with van der Waals surface area (Å²) < 4.78 is 6.95. The number of hydrogen-bond acceptors (Lipinski definition) is 1. The largest absolute Gasteiger partial charge is 0.456 e. The number of rotatable bonds is 3. The Balaban J connectivity index is 0.925. The SMILES string of the molecule is CC1(C)c2ccc(-c3ccc4c(c3)oc3c5c(ccc34)-c3cc4ccccc4cc3C5(C)C)cc2-c2ccc(-c3c4ccccc4c(-c4ccccc4)c4ccccc34)cc21. The summed E-state index contributed by atoms with van der Waals surface area (Å²) in [7, 11) is 0. The molecule has 2 aliphatic rings. The minimum absolute atomic E-state index is 0.159. The monoisotopic (exact) mass is 778 g/mol. The van der Waals surface area contributed by atoms with Crippen LogP contribution in [-0.2, 0) is 10.8 Å². The molecule has 288 valence electrons. The zero-order valence-corrected chi connectivity index (χ0v) is 34.7. The summed E-state index contributed by atoms with van der Waals surface area (Å²) in [6.45, 7) is 9.47. The third kappa shape index (κ3) is 4.72. The van der Waals surface area contributed by atoms with Crippen LogP contribution in [0.2, 0.25) is 0 Å². The molecule has 0 radical (unpaired) electrons. The highest BCUT2D eigenvalue weighted by molar-refractivity contribution is 6.21. The average molecular weight is 779 g/mol. The molecule has 1 heterocycles. The number of furan rings is 1. The van der Waals surface area contributed by atoms with E-state index in [0.717, 1.165) is 16.6 Å². The molecule has 10 aromatic carbocycles. The molecule has 0 N–H and O–H groups in total. The Morgan fingerprint density at radius 2 is 0.869 bits per heavy atom. The molecular weight excluding hydrogens is 737 g/mol. The summed E-state index contributed by atoms with van der Waals surface area (Å²) in [5.41, 5.74) is 19.7. The molecule has 1 heteroatoms. The standard InChI is InChI=1S/C60H42O/c1-59(2)51-29-24-38(39-22-26-42-48-28-27-47-50-30-36-16-8-9-17-37(36)32-53(50)60(3,4)57(47)58(48)61-54(42)34-39)31-49(51)41-25-23-40(33-52(41)59)56-45-20-12-10-18-43(45)55(35-14-6-5-7-15-35)44-19-11-13-21-46(44)56/h5-34H,1-4H3. The van der Waals surface area contributed by atoms with Gasteiger partial charge in [0.1, 0.15) is 11.2 Å². The molecule has 0 fully saturated rings. The Morgan fingerprint density at radius 3 is 1.59 bits per heavy atom. The summed E-state index contributed by atoms with van der Waals surface area (Å²) in [6, 6.07) is 67.9. The number of fused-ring (bicyclic) bond motifs is 13. The van der Waals surface area contributed by atoms with Gasteiger partial charge in [-0.1, -0.05) is 167 Å². The van der Waals surface area contributed by atoms with Crippen molar-refractivity contribution in [3.8, 4) is 55.6 Å². The first-order valence-electron chi connectivity index (χ1n) is 21.6. The maximum Gasteiger partial charge on any atom is 0.140 e. The maximum atomic E-state index is 6.95. The first kappa shape index (κ1) is 34.6. The van der Waals surface area contributed by atoms with Crippen LogP contribution in [0.15, 0.2) is 186 Å². The maximum absolute atomic E-state index is 6.95. The van der Waals surface area contributed by atoms with Crippen LogP contribution in [0.3, 0.4) is 0 Å². The quantitative estimate of drug-likeness (QED) is 0.163. The summed E-state index contributed by atoms with van der Waals surface area (Å²) in [5.74, 6) is 0. The second-order valence-electron chi connectivity index (χ2n) is 18.4. The zero-order chi connectivity index (χ0) is 40.8. The predicted molar refractivity (Wildman–Crippen MR) is 258 cm³/mol. The van der Waals surface area contributed by atoms with E-state index >= 15 is 0 Å². The van der Waals surface area contributed by atoms with Gasteiger partial charge in [-0.15, -0.1) is 0 Å². The van der Waals surface area contributed by atoms with E-state index in [-0.39, 0.29) is 10.8 Å². The fourth-order valence-corrected chi connectivity index (χ4v) is 11.4. The summed E-state index contributed by atoms with van der Waals surface area (Å²) in [5, 5.41) is 10.0. The molecule has 0 aliphatic heterocycles. The van der Waals surface area contributed by atoms with Crippen molar-refractivity contribution in [3.63, 3.8) is 0 Å². The predicted octanol–water partition coefficient (Wildman–Crippen LogP) is 16.7. The van der Waals surface area contributed by atoms with Crippen molar-refractivity contribution in [2.24, 2.45) is 0 Å². The van der Waals surface area contributed by atoms with E-state index in [0.29, 0.717) is 0 Å². The number of benzene rings is 10. The lowest BCUT2D eigenvalue weighted by molar-refractivity contribution is 0.620. The van der Waals surface area contributed by atoms with Crippen molar-refractivity contribution in [3.05, 3.63) is 204 Å². The Hall–Kier alpha value is -7.22. The van der Waals surface area contributed by atoms with E-state index < -0.39 is 0 Å². The molecule has 2 aliphatic carbocycles. The topological polar surface area (TPSA) is 13.1 Å². The van der Waals surface area contributed by atoms with Gasteiger partial charge in [0.15, 0.2) is 0 Å². The molecule has 0 amide bonds. The molecule has 0 unspecified atom stereocenters. The van der Waals surface area contributed by atoms with E-state index in [1.165, 1.54) is 116 Å². The van der Waals surface area contributed by atoms with Crippen molar-refractivity contribution in [2.75, 3.05) is 0 Å². The Labute approximate surface area is 355 Å². The van der Waals surface area contributed by atoms with E-state index in [1.807, 2.05) is 0 Å². The van der Waals surface area contributed by atoms with Gasteiger partial charge in [0.2, 0.25) is 0 Å². The van der Waals surface area contributed by atoms with Crippen LogP contribution < -0.4 is 0 Å². The molecule has 0 bridgehead atoms. The van der Waals surface area contributed by atoms with Crippen LogP contribution in [0.4, 0.5) is 0 Å². The van der Waals surface area contributed by atoms with Gasteiger partial charge in [-0.3, -0.25) is 0 Å². The fraction of sp³-hybridized carbons (Fsp3) is 0.100. The molecule has 13 rings (SSSR count). The highest BCUT2D eigenvalue weighted by atomic mass is 16.3. The molecule has 1 nitrogen and oxygen atoms in total. The van der Waals surface area contributed by atoms with Crippen molar-refractivity contribution in [1.29, 1.82) is 0 Å². The zero-order valence-electron chi connectivity index (χ0n) is 34.7. The van der Waals surface area contributed by atoms with Gasteiger partial charge in [0, 0.05) is 27.2 Å². The molecule has 0 saturated heterocycles. The second kappa shape index (κ2) is 12.2. The van der Waals surface area contributed by atoms with E-state index in [2.05, 4.69) is 210 Å². The lowest BCUT2D eigenvalue weighted by Gasteiger charge is -2.23. The Kier molecular flexibility index (Phi) is 6.91. The van der Waals surface area contributed by atoms with Crippen LogP contribution in [0, 0.1) is 0 Å². The van der Waals surface area contributed by atoms with Crippen molar-refractivity contribution < 1.29 is 4.42 Å². The Morgan fingerprint density at radius 1 is 0.328 bits per heavy atom. The van der Waals surface area contributed by atoms with E-state index in [9.17, 15) is 0 Å². The minimum Gasteiger partial charge on any atom is -0.456 e. The fourth-order valence-electron chi connectivity index (χ4n) is 11.4. The third-order valence-corrected chi connectivity index (χ3v) is 14.4. The first-order chi connectivity index (χ1) is 29.8. The van der Waals surface area contributed by atoms with Crippen molar-refractivity contribution in [1.82, 2.24) is 0 Å². The third-order valence-electron chi connectivity index (χ3n) is 14.4. The minimum atomic E-state index is -0.184. The highest BCUT2D eigenvalue weighted by Crippen LogP contribution is 2.55. The average Bonchev–Trinajstić information content (AvgIpc) is 3.86. The Bertz CT molecular complexity index is 3630. The van der Waals surface area contributed by atoms with Crippen molar-refractivity contribution in [2.45, 2.75) is 38.5 Å². The molecule has 11 aromatic rings. The first-order valence-corrected chi connectivity index (χ1v) is 21.6. The normalized spacial score (nSPS) is 14.5. The second-order valence-corrected chi connectivity index (χ2v) is 18.4. The van der Waals surface area contributed by atoms with Gasteiger partial charge in [-0.05, 0) is 147 Å². The lowest BCUT2D eigenvalue weighted by Crippen LogP contribution is -2.15. The van der Waals surface area contributed by atoms with Crippen LogP contribution in [0.1, 0.15) is 49.9 Å². The van der Waals surface area contributed by atoms with Crippen LogP contribution in [-0.4, -0.2) is 0 Å². The van der Waals surface area contributed by atoms with Crippen molar-refractivity contribution >= 4 is 54.3 Å². The van der Waals surface area contributed by atoms with Gasteiger partial charge in [-0.2, -0.15) is 0 Å².